The van der Waals surface area contributed by atoms with Gasteiger partial charge in [0.2, 0.25) is 0 Å². The molecule has 25 heavy (non-hydrogen) atoms. The van der Waals surface area contributed by atoms with E-state index in [0.717, 1.165) is 19.6 Å². The average Bonchev–Trinajstić information content (AvgIpc) is 2.97. The van der Waals surface area contributed by atoms with Crippen molar-refractivity contribution in [3.05, 3.63) is 57.4 Å². The third-order valence-electron chi connectivity index (χ3n) is 4.78. The summed E-state index contributed by atoms with van der Waals surface area (Å²) in [4.78, 5) is 31.6. The number of nitrogens with zero attached hydrogens (tertiary/aromatic N) is 4. The van der Waals surface area contributed by atoms with Crippen LogP contribution in [0, 0.1) is 0 Å². The first-order valence-corrected chi connectivity index (χ1v) is 8.71. The van der Waals surface area contributed by atoms with Gasteiger partial charge < -0.3 is 9.47 Å². The molecule has 7 heteroatoms. The van der Waals surface area contributed by atoms with Crippen LogP contribution in [0.1, 0.15) is 19.3 Å². The zero-order valence-corrected chi connectivity index (χ0v) is 14.0. The molecule has 0 bridgehead atoms. The largest absolute Gasteiger partial charge is 0.313 e. The molecule has 0 spiro atoms. The molecule has 3 aromatic rings. The first-order valence-electron chi connectivity index (χ1n) is 8.71. The average molecular weight is 339 g/mol. The van der Waals surface area contributed by atoms with Crippen molar-refractivity contribution in [1.82, 2.24) is 24.2 Å². The van der Waals surface area contributed by atoms with Crippen molar-refractivity contribution in [2.45, 2.75) is 25.8 Å². The third-order valence-corrected chi connectivity index (χ3v) is 4.78. The van der Waals surface area contributed by atoms with E-state index in [1.165, 1.54) is 30.0 Å². The fraction of sp³-hybridized carbons (Fsp3) is 0.389. The molecule has 130 valence electrons. The molecule has 0 aliphatic carbocycles. The van der Waals surface area contributed by atoms with Crippen molar-refractivity contribution in [1.29, 1.82) is 0 Å². The van der Waals surface area contributed by atoms with Gasteiger partial charge in [-0.15, -0.1) is 0 Å². The molecule has 0 atom stereocenters. The monoisotopic (exact) mass is 339 g/mol. The van der Waals surface area contributed by atoms with Crippen molar-refractivity contribution >= 4 is 10.9 Å². The second kappa shape index (κ2) is 6.68. The number of likely N-dealkylation sites (tertiary alicyclic amines) is 1. The summed E-state index contributed by atoms with van der Waals surface area (Å²) in [7, 11) is 0. The normalized spacial score (nSPS) is 15.7. The lowest BCUT2D eigenvalue weighted by Gasteiger charge is -2.26. The van der Waals surface area contributed by atoms with E-state index in [2.05, 4.69) is 15.0 Å². The lowest BCUT2D eigenvalue weighted by atomic mass is 10.1. The molecule has 1 fully saturated rings. The van der Waals surface area contributed by atoms with Gasteiger partial charge >= 0.3 is 0 Å². The van der Waals surface area contributed by atoms with E-state index >= 15 is 0 Å². The number of fused-ring (bicyclic) bond motifs is 1. The van der Waals surface area contributed by atoms with Crippen LogP contribution in [0.2, 0.25) is 0 Å². The van der Waals surface area contributed by atoms with Crippen LogP contribution in [-0.4, -0.2) is 43.9 Å². The van der Waals surface area contributed by atoms with E-state index in [4.69, 9.17) is 0 Å². The fourth-order valence-corrected chi connectivity index (χ4v) is 3.38. The highest BCUT2D eigenvalue weighted by atomic mass is 16.1. The SMILES string of the molecule is O=c1cc2[nH]n(-c3ccccn3)c(=O)c2cn1CCN1CCCCC1. The first-order chi connectivity index (χ1) is 12.2. The summed E-state index contributed by atoms with van der Waals surface area (Å²) < 4.78 is 3.01. The van der Waals surface area contributed by atoms with Crippen LogP contribution < -0.4 is 11.1 Å². The summed E-state index contributed by atoms with van der Waals surface area (Å²) in [6.07, 6.45) is 7.03. The van der Waals surface area contributed by atoms with Gasteiger partial charge in [-0.2, -0.15) is 0 Å². The van der Waals surface area contributed by atoms with Crippen molar-refractivity contribution in [2.75, 3.05) is 19.6 Å². The second-order valence-corrected chi connectivity index (χ2v) is 6.48. The highest BCUT2D eigenvalue weighted by Gasteiger charge is 2.13. The van der Waals surface area contributed by atoms with Gasteiger partial charge in [0.15, 0.2) is 5.82 Å². The Morgan fingerprint density at radius 2 is 1.92 bits per heavy atom. The van der Waals surface area contributed by atoms with E-state index in [1.54, 1.807) is 29.1 Å². The number of hydrogen-bond acceptors (Lipinski definition) is 4. The van der Waals surface area contributed by atoms with Crippen molar-refractivity contribution in [3.8, 4) is 5.82 Å². The van der Waals surface area contributed by atoms with Crippen LogP contribution in [-0.2, 0) is 6.54 Å². The van der Waals surface area contributed by atoms with Gasteiger partial charge in [0.05, 0.1) is 10.9 Å². The van der Waals surface area contributed by atoms with Crippen LogP contribution in [0.25, 0.3) is 16.7 Å². The molecular weight excluding hydrogens is 318 g/mol. The third kappa shape index (κ3) is 3.15. The first kappa shape index (κ1) is 15.8. The number of aromatic nitrogens is 4. The maximum atomic E-state index is 12.7. The summed E-state index contributed by atoms with van der Waals surface area (Å²) in [6.45, 7) is 3.62. The van der Waals surface area contributed by atoms with Gasteiger partial charge in [0, 0.05) is 31.5 Å². The Hall–Kier alpha value is -2.67. The fourth-order valence-electron chi connectivity index (χ4n) is 3.38. The van der Waals surface area contributed by atoms with Gasteiger partial charge in [0.1, 0.15) is 0 Å². The predicted molar refractivity (Wildman–Crippen MR) is 96.2 cm³/mol. The Morgan fingerprint density at radius 1 is 1.08 bits per heavy atom. The highest BCUT2D eigenvalue weighted by Crippen LogP contribution is 2.10. The summed E-state index contributed by atoms with van der Waals surface area (Å²) in [5, 5.41) is 3.48. The molecule has 0 unspecified atom stereocenters. The number of aromatic amines is 1. The molecule has 1 N–H and O–H groups in total. The van der Waals surface area contributed by atoms with E-state index in [9.17, 15) is 9.59 Å². The Labute approximate surface area is 144 Å². The molecule has 0 radical (unpaired) electrons. The lowest BCUT2D eigenvalue weighted by molar-refractivity contribution is 0.220. The molecule has 1 aliphatic rings. The topological polar surface area (TPSA) is 75.9 Å². The zero-order valence-electron chi connectivity index (χ0n) is 14.0. The molecule has 0 saturated carbocycles. The molecule has 0 amide bonds. The quantitative estimate of drug-likeness (QED) is 0.779. The number of piperidine rings is 1. The van der Waals surface area contributed by atoms with Crippen LogP contribution >= 0.6 is 0 Å². The molecular formula is C18H21N5O2. The molecule has 7 nitrogen and oxygen atoms in total. The van der Waals surface area contributed by atoms with Crippen LogP contribution in [0.4, 0.5) is 0 Å². The van der Waals surface area contributed by atoms with Crippen molar-refractivity contribution < 1.29 is 0 Å². The number of hydrogen-bond donors (Lipinski definition) is 1. The Bertz CT molecular complexity index is 980. The Balaban J connectivity index is 1.65. The summed E-state index contributed by atoms with van der Waals surface area (Å²) in [5.41, 5.74) is 0.245. The number of rotatable bonds is 4. The van der Waals surface area contributed by atoms with Gasteiger partial charge in [0.25, 0.3) is 11.1 Å². The van der Waals surface area contributed by atoms with E-state index in [1.807, 2.05) is 6.07 Å². The van der Waals surface area contributed by atoms with Crippen LogP contribution in [0.5, 0.6) is 0 Å². The Morgan fingerprint density at radius 3 is 2.68 bits per heavy atom. The molecule has 3 aromatic heterocycles. The van der Waals surface area contributed by atoms with E-state index in [0.29, 0.717) is 23.3 Å². The second-order valence-electron chi connectivity index (χ2n) is 6.48. The van der Waals surface area contributed by atoms with Gasteiger partial charge in [-0.05, 0) is 38.1 Å². The molecule has 1 aliphatic heterocycles. The van der Waals surface area contributed by atoms with Gasteiger partial charge in [-0.3, -0.25) is 14.7 Å². The number of H-pyrrole nitrogens is 1. The van der Waals surface area contributed by atoms with Crippen molar-refractivity contribution in [3.63, 3.8) is 0 Å². The standard InChI is InChI=1S/C18H21N5O2/c24-17-12-15-14(13-22(17)11-10-21-8-4-1-5-9-21)18(25)23(20-15)16-6-2-3-7-19-16/h2-3,6-7,12-13,20H,1,4-5,8-11H2. The predicted octanol–water partition coefficient (Wildman–Crippen LogP) is 1.36. The minimum Gasteiger partial charge on any atom is -0.313 e. The smallest absolute Gasteiger partial charge is 0.282 e. The van der Waals surface area contributed by atoms with Crippen molar-refractivity contribution in [2.24, 2.45) is 0 Å². The van der Waals surface area contributed by atoms with Crippen LogP contribution in [0.3, 0.4) is 0 Å². The van der Waals surface area contributed by atoms with Gasteiger partial charge in [-0.25, -0.2) is 9.67 Å². The number of pyridine rings is 2. The lowest BCUT2D eigenvalue weighted by Crippen LogP contribution is -2.34. The summed E-state index contributed by atoms with van der Waals surface area (Å²) in [5.74, 6) is 0.510. The molecule has 4 rings (SSSR count). The summed E-state index contributed by atoms with van der Waals surface area (Å²) in [6, 6.07) is 6.85. The van der Waals surface area contributed by atoms with Crippen LogP contribution in [0.15, 0.2) is 46.2 Å². The molecule has 1 saturated heterocycles. The molecule has 4 heterocycles. The highest BCUT2D eigenvalue weighted by molar-refractivity contribution is 5.77. The zero-order chi connectivity index (χ0) is 17.2. The summed E-state index contributed by atoms with van der Waals surface area (Å²) >= 11 is 0. The van der Waals surface area contributed by atoms with E-state index in [-0.39, 0.29) is 11.1 Å². The van der Waals surface area contributed by atoms with E-state index < -0.39 is 0 Å². The minimum absolute atomic E-state index is 0.0982. The maximum Gasteiger partial charge on any atom is 0.282 e. The van der Waals surface area contributed by atoms with Gasteiger partial charge in [-0.1, -0.05) is 12.5 Å². The maximum absolute atomic E-state index is 12.7. The number of nitrogens with one attached hydrogen (secondary N) is 1. The minimum atomic E-state index is -0.194. The molecule has 0 aromatic carbocycles. The Kier molecular flexibility index (Phi) is 4.23.